The van der Waals surface area contributed by atoms with E-state index in [1.807, 2.05) is 13.0 Å². The van der Waals surface area contributed by atoms with Gasteiger partial charge in [-0.05, 0) is 36.2 Å². The lowest BCUT2D eigenvalue weighted by Gasteiger charge is -2.21. The van der Waals surface area contributed by atoms with Crippen molar-refractivity contribution >= 4 is 28.9 Å². The summed E-state index contributed by atoms with van der Waals surface area (Å²) in [6, 6.07) is 9.77. The largest absolute Gasteiger partial charge is 0.494 e. The molecule has 0 radical (unpaired) electrons. The number of nitrogens with one attached hydrogen (secondary N) is 1. The van der Waals surface area contributed by atoms with E-state index in [9.17, 15) is 4.39 Å². The predicted molar refractivity (Wildman–Crippen MR) is 86.1 cm³/mol. The minimum atomic E-state index is -0.338. The molecule has 0 spiro atoms. The van der Waals surface area contributed by atoms with Crippen molar-refractivity contribution in [2.45, 2.75) is 19.4 Å². The van der Waals surface area contributed by atoms with Gasteiger partial charge in [-0.15, -0.1) is 0 Å². The SMILES string of the molecule is CCC(Nc1ccc(F)cc1OC)c1ccc(Cl)cc1Cl. The third kappa shape index (κ3) is 3.80. The maximum absolute atomic E-state index is 13.2. The molecule has 2 nitrogen and oxygen atoms in total. The maximum atomic E-state index is 13.2. The zero-order valence-corrected chi connectivity index (χ0v) is 13.3. The van der Waals surface area contributed by atoms with Gasteiger partial charge in [0, 0.05) is 16.1 Å². The van der Waals surface area contributed by atoms with Gasteiger partial charge in [0.15, 0.2) is 0 Å². The van der Waals surface area contributed by atoms with Crippen molar-refractivity contribution < 1.29 is 9.13 Å². The molecule has 0 amide bonds. The second-order valence-corrected chi connectivity index (χ2v) is 5.46. The van der Waals surface area contributed by atoms with Crippen molar-refractivity contribution in [1.82, 2.24) is 0 Å². The minimum absolute atomic E-state index is 0.0193. The average molecular weight is 328 g/mol. The van der Waals surface area contributed by atoms with E-state index in [4.69, 9.17) is 27.9 Å². The van der Waals surface area contributed by atoms with Crippen LogP contribution < -0.4 is 10.1 Å². The third-order valence-corrected chi connectivity index (χ3v) is 3.80. The Morgan fingerprint density at radius 2 is 1.95 bits per heavy atom. The fourth-order valence-corrected chi connectivity index (χ4v) is 2.70. The molecule has 1 N–H and O–H groups in total. The standard InChI is InChI=1S/C16H16Cl2FNO/c1-3-14(12-6-4-10(17)8-13(12)18)20-15-7-5-11(19)9-16(15)21-2/h4-9,14,20H,3H2,1-2H3. The van der Waals surface area contributed by atoms with Crippen LogP contribution in [0.3, 0.4) is 0 Å². The summed E-state index contributed by atoms with van der Waals surface area (Å²) in [5.74, 6) is 0.119. The second-order valence-electron chi connectivity index (χ2n) is 4.62. The van der Waals surface area contributed by atoms with E-state index < -0.39 is 0 Å². The van der Waals surface area contributed by atoms with Crippen LogP contribution in [-0.4, -0.2) is 7.11 Å². The second kappa shape index (κ2) is 7.01. The molecular weight excluding hydrogens is 312 g/mol. The summed E-state index contributed by atoms with van der Waals surface area (Å²) >= 11 is 12.2. The average Bonchev–Trinajstić information content (AvgIpc) is 2.46. The zero-order chi connectivity index (χ0) is 15.4. The van der Waals surface area contributed by atoms with Gasteiger partial charge >= 0.3 is 0 Å². The summed E-state index contributed by atoms with van der Waals surface area (Å²) in [6.07, 6.45) is 0.807. The van der Waals surface area contributed by atoms with Gasteiger partial charge in [-0.25, -0.2) is 4.39 Å². The Kier molecular flexibility index (Phi) is 5.32. The molecule has 0 bridgehead atoms. The molecule has 2 aromatic rings. The lowest BCUT2D eigenvalue weighted by molar-refractivity contribution is 0.412. The molecule has 2 aromatic carbocycles. The molecule has 0 saturated heterocycles. The van der Waals surface area contributed by atoms with E-state index in [1.54, 1.807) is 18.2 Å². The summed E-state index contributed by atoms with van der Waals surface area (Å²) in [4.78, 5) is 0. The maximum Gasteiger partial charge on any atom is 0.144 e. The fraction of sp³-hybridized carbons (Fsp3) is 0.250. The van der Waals surface area contributed by atoms with E-state index in [0.29, 0.717) is 15.8 Å². The van der Waals surface area contributed by atoms with E-state index >= 15 is 0 Å². The Labute approximate surface area is 133 Å². The predicted octanol–water partition coefficient (Wildman–Crippen LogP) is 5.70. The van der Waals surface area contributed by atoms with Gasteiger partial charge in [-0.3, -0.25) is 0 Å². The first-order chi connectivity index (χ1) is 10.0. The molecule has 0 heterocycles. The normalized spacial score (nSPS) is 12.0. The minimum Gasteiger partial charge on any atom is -0.494 e. The van der Waals surface area contributed by atoms with Crippen LogP contribution in [0.15, 0.2) is 36.4 Å². The number of benzene rings is 2. The molecule has 0 saturated carbocycles. The van der Waals surface area contributed by atoms with Crippen LogP contribution in [0.1, 0.15) is 24.9 Å². The van der Waals surface area contributed by atoms with Gasteiger partial charge in [0.1, 0.15) is 11.6 Å². The van der Waals surface area contributed by atoms with E-state index in [1.165, 1.54) is 19.2 Å². The molecule has 112 valence electrons. The van der Waals surface area contributed by atoms with Crippen LogP contribution in [0.4, 0.5) is 10.1 Å². The number of rotatable bonds is 5. The third-order valence-electron chi connectivity index (χ3n) is 3.24. The first-order valence-corrected chi connectivity index (χ1v) is 7.35. The Morgan fingerprint density at radius 3 is 2.57 bits per heavy atom. The van der Waals surface area contributed by atoms with Crippen LogP contribution in [-0.2, 0) is 0 Å². The van der Waals surface area contributed by atoms with Gasteiger partial charge in [-0.1, -0.05) is 36.2 Å². The summed E-state index contributed by atoms with van der Waals surface area (Å²) < 4.78 is 18.4. The van der Waals surface area contributed by atoms with Crippen LogP contribution in [0, 0.1) is 5.82 Å². The van der Waals surface area contributed by atoms with Crippen molar-refractivity contribution in [2.24, 2.45) is 0 Å². The quantitative estimate of drug-likeness (QED) is 0.760. The number of halogens is 3. The Morgan fingerprint density at radius 1 is 1.19 bits per heavy atom. The van der Waals surface area contributed by atoms with Gasteiger partial charge in [0.2, 0.25) is 0 Å². The Hall–Kier alpha value is -1.45. The summed E-state index contributed by atoms with van der Waals surface area (Å²) in [5, 5.41) is 4.53. The van der Waals surface area contributed by atoms with Gasteiger partial charge < -0.3 is 10.1 Å². The van der Waals surface area contributed by atoms with E-state index in [-0.39, 0.29) is 11.9 Å². The number of hydrogen-bond donors (Lipinski definition) is 1. The molecular formula is C16H16Cl2FNO. The van der Waals surface area contributed by atoms with Gasteiger partial charge in [0.05, 0.1) is 18.8 Å². The van der Waals surface area contributed by atoms with Gasteiger partial charge in [0.25, 0.3) is 0 Å². The molecule has 5 heteroatoms. The molecule has 21 heavy (non-hydrogen) atoms. The highest BCUT2D eigenvalue weighted by Gasteiger charge is 2.15. The lowest BCUT2D eigenvalue weighted by atomic mass is 10.0. The topological polar surface area (TPSA) is 21.3 Å². The molecule has 0 aliphatic rings. The highest BCUT2D eigenvalue weighted by molar-refractivity contribution is 6.35. The molecule has 0 aliphatic carbocycles. The van der Waals surface area contributed by atoms with Crippen LogP contribution in [0.2, 0.25) is 10.0 Å². The van der Waals surface area contributed by atoms with Crippen LogP contribution >= 0.6 is 23.2 Å². The number of hydrogen-bond acceptors (Lipinski definition) is 2. The molecule has 0 aromatic heterocycles. The molecule has 0 fully saturated rings. The van der Waals surface area contributed by atoms with E-state index in [0.717, 1.165) is 17.7 Å². The van der Waals surface area contributed by atoms with Crippen molar-refractivity contribution in [3.05, 3.63) is 57.8 Å². The van der Waals surface area contributed by atoms with Crippen LogP contribution in [0.25, 0.3) is 0 Å². The number of methoxy groups -OCH3 is 1. The lowest BCUT2D eigenvalue weighted by Crippen LogP contribution is -2.11. The number of ether oxygens (including phenoxy) is 1. The fourth-order valence-electron chi connectivity index (χ4n) is 2.16. The zero-order valence-electron chi connectivity index (χ0n) is 11.8. The molecule has 1 unspecified atom stereocenters. The highest BCUT2D eigenvalue weighted by atomic mass is 35.5. The molecule has 2 rings (SSSR count). The van der Waals surface area contributed by atoms with Gasteiger partial charge in [-0.2, -0.15) is 0 Å². The first-order valence-electron chi connectivity index (χ1n) is 6.60. The summed E-state index contributed by atoms with van der Waals surface area (Å²) in [5.41, 5.74) is 1.66. The summed E-state index contributed by atoms with van der Waals surface area (Å²) in [7, 11) is 1.51. The van der Waals surface area contributed by atoms with Crippen molar-refractivity contribution in [3.8, 4) is 5.75 Å². The molecule has 1 atom stereocenters. The van der Waals surface area contributed by atoms with Crippen molar-refractivity contribution in [2.75, 3.05) is 12.4 Å². The monoisotopic (exact) mass is 327 g/mol. The smallest absolute Gasteiger partial charge is 0.144 e. The Balaban J connectivity index is 2.31. The van der Waals surface area contributed by atoms with Crippen molar-refractivity contribution in [1.29, 1.82) is 0 Å². The Bertz CT molecular complexity index is 634. The highest BCUT2D eigenvalue weighted by Crippen LogP contribution is 2.33. The van der Waals surface area contributed by atoms with Crippen LogP contribution in [0.5, 0.6) is 5.75 Å². The first kappa shape index (κ1) is 15.9. The van der Waals surface area contributed by atoms with E-state index in [2.05, 4.69) is 5.32 Å². The number of anilines is 1. The van der Waals surface area contributed by atoms with Crippen molar-refractivity contribution in [3.63, 3.8) is 0 Å². The molecule has 0 aliphatic heterocycles. The summed E-state index contributed by atoms with van der Waals surface area (Å²) in [6.45, 7) is 2.04.